The van der Waals surface area contributed by atoms with E-state index in [0.717, 1.165) is 38.5 Å². The number of rotatable bonds is 30. The van der Waals surface area contributed by atoms with Crippen molar-refractivity contribution in [1.82, 2.24) is 5.32 Å². The molecule has 0 aromatic heterocycles. The van der Waals surface area contributed by atoms with Crippen LogP contribution >= 0.6 is 0 Å². The minimum absolute atomic E-state index is 0.202. The van der Waals surface area contributed by atoms with Gasteiger partial charge in [-0.25, -0.2) is 0 Å². The van der Waals surface area contributed by atoms with Crippen molar-refractivity contribution in [2.75, 3.05) is 13.2 Å². The van der Waals surface area contributed by atoms with Gasteiger partial charge >= 0.3 is 0 Å². The lowest BCUT2D eigenvalue weighted by atomic mass is 9.99. The average molecular weight is 670 g/mol. The fourth-order valence-electron chi connectivity index (χ4n) is 5.88. The second-order valence-electron chi connectivity index (χ2n) is 13.4. The number of allylic oxidation sites excluding steroid dienone is 3. The Morgan fingerprint density at radius 2 is 1.21 bits per heavy atom. The third-order valence-electron chi connectivity index (χ3n) is 9.03. The Balaban J connectivity index is 2.27. The van der Waals surface area contributed by atoms with E-state index in [4.69, 9.17) is 9.47 Å². The normalized spacial score (nSPS) is 23.1. The Labute approximate surface area is 286 Å². The second kappa shape index (κ2) is 29.6. The van der Waals surface area contributed by atoms with Crippen LogP contribution < -0.4 is 5.32 Å². The van der Waals surface area contributed by atoms with Crippen LogP contribution in [0.15, 0.2) is 24.3 Å². The van der Waals surface area contributed by atoms with Crippen molar-refractivity contribution >= 4 is 5.91 Å². The highest BCUT2D eigenvalue weighted by Gasteiger charge is 2.44. The maximum Gasteiger partial charge on any atom is 0.220 e. The summed E-state index contributed by atoms with van der Waals surface area (Å²) in [7, 11) is 0. The van der Waals surface area contributed by atoms with Gasteiger partial charge in [0.25, 0.3) is 0 Å². The molecular weight excluding hydrogens is 598 g/mol. The highest BCUT2D eigenvalue weighted by atomic mass is 16.7. The first-order valence-corrected chi connectivity index (χ1v) is 19.1. The van der Waals surface area contributed by atoms with Crippen molar-refractivity contribution in [3.05, 3.63) is 24.3 Å². The molecule has 7 atom stereocenters. The van der Waals surface area contributed by atoms with Crippen LogP contribution in [-0.4, -0.2) is 87.5 Å². The summed E-state index contributed by atoms with van der Waals surface area (Å²) in [6.07, 6.45) is 26.0. The number of hydrogen-bond acceptors (Lipinski definition) is 8. The number of ether oxygens (including phenoxy) is 2. The molecule has 47 heavy (non-hydrogen) atoms. The van der Waals surface area contributed by atoms with Gasteiger partial charge < -0.3 is 40.3 Å². The predicted molar refractivity (Wildman–Crippen MR) is 189 cm³/mol. The molecule has 0 spiro atoms. The minimum Gasteiger partial charge on any atom is -0.394 e. The quantitative estimate of drug-likeness (QED) is 0.0381. The number of carbonyl (C=O) groups is 1. The molecule has 9 heteroatoms. The van der Waals surface area contributed by atoms with Gasteiger partial charge in [-0.05, 0) is 32.1 Å². The minimum atomic E-state index is -1.56. The van der Waals surface area contributed by atoms with E-state index in [1.165, 1.54) is 96.3 Å². The first-order valence-electron chi connectivity index (χ1n) is 19.1. The van der Waals surface area contributed by atoms with E-state index in [-0.39, 0.29) is 12.5 Å². The van der Waals surface area contributed by atoms with Crippen LogP contribution in [-0.2, 0) is 14.3 Å². The van der Waals surface area contributed by atoms with Crippen LogP contribution in [0, 0.1) is 0 Å². The zero-order chi connectivity index (χ0) is 34.5. The standard InChI is InChI=1S/C38H71NO8/c1-3-5-7-8-9-10-11-12-13-14-15-16-17-18-19-20-21-22-23-24-26-27-32(41)31(39-34(42)28-25-6-4-2)30-46-38-37(45)36(44)35(43)33(29-40)47-38/h21-22,26-27,31-33,35-38,40-41,43-45H,3-20,23-25,28-30H2,1-2H3,(H,39,42)/b22-21+,27-26+. The summed E-state index contributed by atoms with van der Waals surface area (Å²) >= 11 is 0. The Morgan fingerprint density at radius 3 is 1.79 bits per heavy atom. The first-order chi connectivity index (χ1) is 22.8. The molecule has 0 radical (unpaired) electrons. The molecule has 1 amide bonds. The number of carbonyl (C=O) groups excluding carboxylic acids is 1. The smallest absolute Gasteiger partial charge is 0.220 e. The van der Waals surface area contributed by atoms with Crippen molar-refractivity contribution in [2.24, 2.45) is 0 Å². The van der Waals surface area contributed by atoms with Gasteiger partial charge in [0.05, 0.1) is 25.4 Å². The van der Waals surface area contributed by atoms with Crippen LogP contribution in [0.5, 0.6) is 0 Å². The van der Waals surface area contributed by atoms with E-state index in [1.54, 1.807) is 6.08 Å². The van der Waals surface area contributed by atoms with E-state index in [0.29, 0.717) is 6.42 Å². The molecule has 7 unspecified atom stereocenters. The highest BCUT2D eigenvalue weighted by molar-refractivity contribution is 5.76. The summed E-state index contributed by atoms with van der Waals surface area (Å²) in [5.41, 5.74) is 0. The largest absolute Gasteiger partial charge is 0.394 e. The number of unbranched alkanes of at least 4 members (excludes halogenated alkanes) is 18. The summed E-state index contributed by atoms with van der Waals surface area (Å²) in [4.78, 5) is 12.5. The molecule has 1 heterocycles. The molecule has 276 valence electrons. The molecule has 0 aromatic carbocycles. The lowest BCUT2D eigenvalue weighted by Crippen LogP contribution is -2.60. The fraction of sp³-hybridized carbons (Fsp3) is 0.868. The molecule has 6 N–H and O–H groups in total. The van der Waals surface area contributed by atoms with Crippen molar-refractivity contribution in [2.45, 2.75) is 198 Å². The molecule has 1 saturated heterocycles. The van der Waals surface area contributed by atoms with E-state index >= 15 is 0 Å². The van der Waals surface area contributed by atoms with Crippen molar-refractivity contribution < 1.29 is 39.8 Å². The monoisotopic (exact) mass is 670 g/mol. The van der Waals surface area contributed by atoms with E-state index in [9.17, 15) is 30.3 Å². The van der Waals surface area contributed by atoms with Gasteiger partial charge in [-0.1, -0.05) is 141 Å². The number of nitrogens with one attached hydrogen (secondary N) is 1. The maximum absolute atomic E-state index is 12.5. The molecule has 9 nitrogen and oxygen atoms in total. The Kier molecular flexibility index (Phi) is 27.5. The summed E-state index contributed by atoms with van der Waals surface area (Å²) < 4.78 is 11.0. The highest BCUT2D eigenvalue weighted by Crippen LogP contribution is 2.22. The third kappa shape index (κ3) is 21.4. The summed E-state index contributed by atoms with van der Waals surface area (Å²) in [5.74, 6) is -0.213. The van der Waals surface area contributed by atoms with Gasteiger partial charge in [0.1, 0.15) is 24.4 Å². The topological polar surface area (TPSA) is 149 Å². The fourth-order valence-corrected chi connectivity index (χ4v) is 5.88. The van der Waals surface area contributed by atoms with E-state index < -0.39 is 49.5 Å². The van der Waals surface area contributed by atoms with Crippen LogP contribution in [0.4, 0.5) is 0 Å². The molecule has 0 bridgehead atoms. The number of amides is 1. The van der Waals surface area contributed by atoms with Gasteiger partial charge in [-0.3, -0.25) is 4.79 Å². The van der Waals surface area contributed by atoms with Crippen LogP contribution in [0.1, 0.15) is 155 Å². The molecule has 0 aliphatic carbocycles. The number of aliphatic hydroxyl groups excluding tert-OH is 5. The van der Waals surface area contributed by atoms with Gasteiger partial charge in [0.2, 0.25) is 5.91 Å². The lowest BCUT2D eigenvalue weighted by Gasteiger charge is -2.40. The zero-order valence-corrected chi connectivity index (χ0v) is 29.8. The van der Waals surface area contributed by atoms with Gasteiger partial charge in [-0.15, -0.1) is 0 Å². The second-order valence-corrected chi connectivity index (χ2v) is 13.4. The summed E-state index contributed by atoms with van der Waals surface area (Å²) in [6, 6.07) is -0.812. The molecule has 1 aliphatic rings. The average Bonchev–Trinajstić information content (AvgIpc) is 3.07. The van der Waals surface area contributed by atoms with E-state index in [2.05, 4.69) is 31.3 Å². The number of aliphatic hydroxyl groups is 5. The molecule has 0 aromatic rings. The van der Waals surface area contributed by atoms with Crippen molar-refractivity contribution in [3.8, 4) is 0 Å². The molecule has 1 fully saturated rings. The third-order valence-corrected chi connectivity index (χ3v) is 9.03. The van der Waals surface area contributed by atoms with Gasteiger partial charge in [-0.2, -0.15) is 0 Å². The SMILES string of the molecule is CCCCCCCCCCCCCCCCC/C=C/CC/C=C/C(O)C(COC1OC(CO)C(O)C(O)C1O)NC(=O)CCCCC. The van der Waals surface area contributed by atoms with Crippen LogP contribution in [0.2, 0.25) is 0 Å². The van der Waals surface area contributed by atoms with Crippen molar-refractivity contribution in [3.63, 3.8) is 0 Å². The Bertz CT molecular complexity index is 792. The Hall–Kier alpha value is -1.33. The molecule has 1 rings (SSSR count). The van der Waals surface area contributed by atoms with Crippen LogP contribution in [0.25, 0.3) is 0 Å². The van der Waals surface area contributed by atoms with Gasteiger partial charge in [0.15, 0.2) is 6.29 Å². The number of hydrogen-bond donors (Lipinski definition) is 6. The summed E-state index contributed by atoms with van der Waals surface area (Å²) in [6.45, 7) is 3.56. The molecule has 1 aliphatic heterocycles. The zero-order valence-electron chi connectivity index (χ0n) is 29.8. The lowest BCUT2D eigenvalue weighted by molar-refractivity contribution is -0.302. The predicted octanol–water partition coefficient (Wildman–Crippen LogP) is 6.38. The van der Waals surface area contributed by atoms with E-state index in [1.807, 2.05) is 6.08 Å². The summed E-state index contributed by atoms with van der Waals surface area (Å²) in [5, 5.41) is 53.4. The van der Waals surface area contributed by atoms with Gasteiger partial charge in [0, 0.05) is 6.42 Å². The van der Waals surface area contributed by atoms with Crippen molar-refractivity contribution in [1.29, 1.82) is 0 Å². The maximum atomic E-state index is 12.5. The molecular formula is C38H71NO8. The Morgan fingerprint density at radius 1 is 0.702 bits per heavy atom. The molecule has 0 saturated carbocycles. The first kappa shape index (κ1) is 43.7. The van der Waals surface area contributed by atoms with Crippen LogP contribution in [0.3, 0.4) is 0 Å².